The molecule has 0 unspecified atom stereocenters. The molecule has 0 spiro atoms. The van der Waals surface area contributed by atoms with Gasteiger partial charge in [-0.2, -0.15) is 0 Å². The molecule has 354 valence electrons. The Morgan fingerprint density at radius 2 is 0.566 bits per heavy atom. The van der Waals surface area contributed by atoms with E-state index in [0.717, 1.165) is 16.7 Å². The lowest BCUT2D eigenvalue weighted by molar-refractivity contribution is 1.08. The lowest BCUT2D eigenvalue weighted by Crippen LogP contribution is -2.76. The summed E-state index contributed by atoms with van der Waals surface area (Å²) in [7, 11) is -6.10. The summed E-state index contributed by atoms with van der Waals surface area (Å²) in [6.07, 6.45) is 0. The SMILES string of the molecule is c1ccc(-c2nc(-c3cc4c5c(c3)c3ccccc3n5-c3ccccc3[Si]4(c3ccccc3)c3ccccc3)nc(-c3cc4c5c(c3)c3ccccc3n5-c3ccccc3[Si]4(c3ccccc3)c3ccccc3)n2)cc1. The number of fused-ring (bicyclic) bond motifs is 10. The molecule has 0 N–H and O–H groups in total. The number of hydrogen-bond acceptors (Lipinski definition) is 3. The van der Waals surface area contributed by atoms with Crippen molar-refractivity contribution in [1.29, 1.82) is 0 Å². The van der Waals surface area contributed by atoms with Crippen LogP contribution in [0.3, 0.4) is 0 Å². The summed E-state index contributed by atoms with van der Waals surface area (Å²) in [6, 6.07) is 101. The van der Waals surface area contributed by atoms with Crippen LogP contribution in [0, 0.1) is 0 Å². The van der Waals surface area contributed by atoms with E-state index in [-0.39, 0.29) is 0 Å². The van der Waals surface area contributed by atoms with Gasteiger partial charge in [-0.05, 0) is 90.0 Å². The third kappa shape index (κ3) is 5.86. The van der Waals surface area contributed by atoms with Gasteiger partial charge in [0.25, 0.3) is 0 Å². The highest BCUT2D eigenvalue weighted by atomic mass is 28.3. The highest BCUT2D eigenvalue weighted by Crippen LogP contribution is 2.40. The number of benzene rings is 11. The third-order valence-corrected chi connectivity index (χ3v) is 26.1. The molecule has 16 rings (SSSR count). The van der Waals surface area contributed by atoms with Crippen molar-refractivity contribution in [3.8, 4) is 45.5 Å². The van der Waals surface area contributed by atoms with Crippen molar-refractivity contribution in [2.24, 2.45) is 0 Å². The van der Waals surface area contributed by atoms with Crippen LogP contribution in [0.2, 0.25) is 0 Å². The molecule has 7 heteroatoms. The van der Waals surface area contributed by atoms with E-state index in [1.807, 2.05) is 0 Å². The van der Waals surface area contributed by atoms with Crippen LogP contribution in [0.25, 0.3) is 89.2 Å². The Balaban J connectivity index is 1.03. The molecular formula is C69H45N5Si2. The first-order valence-corrected chi connectivity index (χ1v) is 30.1. The van der Waals surface area contributed by atoms with Crippen LogP contribution < -0.4 is 41.5 Å². The maximum atomic E-state index is 5.74. The number of rotatable bonds is 7. The van der Waals surface area contributed by atoms with Crippen LogP contribution in [-0.4, -0.2) is 40.2 Å². The molecule has 5 heterocycles. The smallest absolute Gasteiger partial charge is 0.184 e. The molecule has 14 aromatic rings. The Hall–Kier alpha value is -9.54. The van der Waals surface area contributed by atoms with Crippen molar-refractivity contribution < 1.29 is 0 Å². The van der Waals surface area contributed by atoms with Gasteiger partial charge in [-0.3, -0.25) is 0 Å². The van der Waals surface area contributed by atoms with Crippen LogP contribution >= 0.6 is 0 Å². The molecule has 0 saturated heterocycles. The molecule has 0 fully saturated rings. The first kappa shape index (κ1) is 42.9. The van der Waals surface area contributed by atoms with Crippen molar-refractivity contribution in [3.63, 3.8) is 0 Å². The Bertz CT molecular complexity index is 4280. The summed E-state index contributed by atoms with van der Waals surface area (Å²) >= 11 is 0. The van der Waals surface area contributed by atoms with Crippen molar-refractivity contribution in [3.05, 3.63) is 273 Å². The molecule has 2 aliphatic heterocycles. The second-order valence-electron chi connectivity index (χ2n) is 20.2. The molecule has 0 amide bonds. The molecule has 0 saturated carbocycles. The van der Waals surface area contributed by atoms with Crippen LogP contribution in [0.5, 0.6) is 0 Å². The minimum Gasteiger partial charge on any atom is -0.309 e. The summed E-state index contributed by atoms with van der Waals surface area (Å²) in [6.45, 7) is 0. The molecule has 5 nitrogen and oxygen atoms in total. The van der Waals surface area contributed by atoms with Gasteiger partial charge in [-0.25, -0.2) is 15.0 Å². The first-order valence-electron chi connectivity index (χ1n) is 26.1. The average Bonchev–Trinajstić information content (AvgIpc) is 4.18. The van der Waals surface area contributed by atoms with E-state index in [1.54, 1.807) is 0 Å². The Morgan fingerprint density at radius 1 is 0.250 bits per heavy atom. The molecule has 76 heavy (non-hydrogen) atoms. The molecule has 0 aliphatic carbocycles. The van der Waals surface area contributed by atoms with Gasteiger partial charge in [-0.15, -0.1) is 0 Å². The number of nitrogens with zero attached hydrogens (tertiary/aromatic N) is 5. The van der Waals surface area contributed by atoms with Crippen molar-refractivity contribution in [1.82, 2.24) is 24.1 Å². The van der Waals surface area contributed by atoms with Crippen molar-refractivity contribution in [2.75, 3.05) is 0 Å². The van der Waals surface area contributed by atoms with Crippen LogP contribution in [0.15, 0.2) is 273 Å². The Morgan fingerprint density at radius 3 is 0.961 bits per heavy atom. The summed E-state index contributed by atoms with van der Waals surface area (Å²) < 4.78 is 5.05. The summed E-state index contributed by atoms with van der Waals surface area (Å²) in [5.74, 6) is 1.91. The molecule has 0 atom stereocenters. The summed E-state index contributed by atoms with van der Waals surface area (Å²) in [5.41, 5.74) is 10.2. The van der Waals surface area contributed by atoms with E-state index in [9.17, 15) is 0 Å². The number of aromatic nitrogens is 5. The summed E-state index contributed by atoms with van der Waals surface area (Å²) in [5, 5.41) is 15.4. The predicted molar refractivity (Wildman–Crippen MR) is 319 cm³/mol. The minimum absolute atomic E-state index is 0.632. The van der Waals surface area contributed by atoms with Gasteiger partial charge in [0.2, 0.25) is 0 Å². The molecular weight excluding hydrogens is 955 g/mol. The highest BCUT2D eigenvalue weighted by Gasteiger charge is 2.50. The van der Waals surface area contributed by atoms with Gasteiger partial charge < -0.3 is 9.13 Å². The van der Waals surface area contributed by atoms with Gasteiger partial charge in [0, 0.05) is 49.6 Å². The predicted octanol–water partition coefficient (Wildman–Crippen LogP) is 10.4. The van der Waals surface area contributed by atoms with E-state index >= 15 is 0 Å². The fourth-order valence-electron chi connectivity index (χ4n) is 13.5. The zero-order valence-corrected chi connectivity index (χ0v) is 43.2. The van der Waals surface area contributed by atoms with E-state index in [0.29, 0.717) is 17.5 Å². The molecule has 0 radical (unpaired) electrons. The minimum atomic E-state index is -3.05. The lowest BCUT2D eigenvalue weighted by atomic mass is 10.1. The topological polar surface area (TPSA) is 48.5 Å². The fourth-order valence-corrected chi connectivity index (χ4v) is 23.8. The standard InChI is InChI=1S/C69H45N5Si2/c1-6-24-46(25-7-1)67-70-68(47-42-55-53-34-16-18-36-57(53)73-59-38-20-22-40-61(59)75(63(44-47)65(55)73,49-26-8-2-9-27-49)50-28-10-3-11-29-50)72-69(71-67)48-43-56-54-35-17-19-37-58(54)74-60-39-21-23-41-62(60)76(64(45-48)66(56)74,51-30-12-4-13-31-51)52-32-14-5-15-33-52/h1-45H. The van der Waals surface area contributed by atoms with Crippen LogP contribution in [-0.2, 0) is 0 Å². The Labute approximate surface area is 441 Å². The van der Waals surface area contributed by atoms with Crippen LogP contribution in [0.4, 0.5) is 0 Å². The zero-order chi connectivity index (χ0) is 50.0. The first-order chi connectivity index (χ1) is 37.7. The summed E-state index contributed by atoms with van der Waals surface area (Å²) in [4.78, 5) is 16.8. The number of hydrogen-bond donors (Lipinski definition) is 0. The third-order valence-electron chi connectivity index (χ3n) is 16.5. The highest BCUT2D eigenvalue weighted by molar-refractivity contribution is 7.22. The fraction of sp³-hybridized carbons (Fsp3) is 0. The lowest BCUT2D eigenvalue weighted by Gasteiger charge is -2.40. The molecule has 0 bridgehead atoms. The zero-order valence-electron chi connectivity index (χ0n) is 41.2. The molecule has 2 aliphatic rings. The van der Waals surface area contributed by atoms with Gasteiger partial charge in [-0.1, -0.05) is 224 Å². The van der Waals surface area contributed by atoms with E-state index < -0.39 is 16.1 Å². The molecule has 11 aromatic carbocycles. The maximum absolute atomic E-state index is 5.74. The van der Waals surface area contributed by atoms with Gasteiger partial charge >= 0.3 is 0 Å². The van der Waals surface area contributed by atoms with E-state index in [4.69, 9.17) is 15.0 Å². The second-order valence-corrected chi connectivity index (χ2v) is 27.7. The quantitative estimate of drug-likeness (QED) is 0.150. The maximum Gasteiger partial charge on any atom is 0.184 e. The van der Waals surface area contributed by atoms with Gasteiger partial charge in [0.15, 0.2) is 33.6 Å². The van der Waals surface area contributed by atoms with Crippen LogP contribution in [0.1, 0.15) is 0 Å². The monoisotopic (exact) mass is 999 g/mol. The van der Waals surface area contributed by atoms with Gasteiger partial charge in [0.05, 0.1) is 22.1 Å². The average molecular weight is 1000 g/mol. The molecule has 3 aromatic heterocycles. The van der Waals surface area contributed by atoms with Gasteiger partial charge in [0.1, 0.15) is 0 Å². The van der Waals surface area contributed by atoms with Crippen molar-refractivity contribution in [2.45, 2.75) is 0 Å². The number of para-hydroxylation sites is 4. The second kappa shape index (κ2) is 16.5. The largest absolute Gasteiger partial charge is 0.309 e. The van der Waals surface area contributed by atoms with E-state index in [1.165, 1.54) is 96.5 Å². The van der Waals surface area contributed by atoms with E-state index in [2.05, 4.69) is 282 Å². The van der Waals surface area contributed by atoms with Crippen molar-refractivity contribution >= 4 is 101 Å². The Kier molecular flexibility index (Phi) is 9.31. The normalized spacial score (nSPS) is 13.7.